The van der Waals surface area contributed by atoms with Gasteiger partial charge in [0.1, 0.15) is 0 Å². The number of rotatable bonds is 3. The van der Waals surface area contributed by atoms with Crippen molar-refractivity contribution < 1.29 is 4.79 Å². The van der Waals surface area contributed by atoms with Crippen molar-refractivity contribution in [1.82, 2.24) is 9.97 Å². The first-order valence-electron chi connectivity index (χ1n) is 5.75. The van der Waals surface area contributed by atoms with Crippen LogP contribution in [-0.4, -0.2) is 15.9 Å². The number of nitrogens with zero attached hydrogens (tertiary/aromatic N) is 2. The van der Waals surface area contributed by atoms with Crippen LogP contribution in [-0.2, 0) is 12.8 Å². The molecule has 0 aliphatic carbocycles. The number of fused-ring (bicyclic) bond motifs is 1. The third kappa shape index (κ3) is 2.11. The number of carbonyl (C=O) groups is 1. The zero-order chi connectivity index (χ0) is 12.4. The third-order valence-electron chi connectivity index (χ3n) is 2.77. The predicted molar refractivity (Wildman–Crippen MR) is 66.8 cm³/mol. The Morgan fingerprint density at radius 2 is 1.71 bits per heavy atom. The zero-order valence-corrected chi connectivity index (χ0v) is 10.0. The summed E-state index contributed by atoms with van der Waals surface area (Å²) in [5.74, 6) is -0.439. The first-order chi connectivity index (χ1) is 8.15. The van der Waals surface area contributed by atoms with E-state index in [-0.39, 0.29) is 0 Å². The van der Waals surface area contributed by atoms with E-state index in [4.69, 9.17) is 5.73 Å². The molecule has 1 aromatic heterocycles. The molecule has 0 radical (unpaired) electrons. The standard InChI is InChI=1S/C13H15N3O/c1-3-9-10(4-2)16-12-7-8(13(14)17)5-6-11(12)15-9/h5-7H,3-4H2,1-2H3,(H2,14,17). The summed E-state index contributed by atoms with van der Waals surface area (Å²) >= 11 is 0. The summed E-state index contributed by atoms with van der Waals surface area (Å²) in [6.07, 6.45) is 1.70. The van der Waals surface area contributed by atoms with Crippen LogP contribution in [0.2, 0.25) is 0 Å². The quantitative estimate of drug-likeness (QED) is 0.873. The van der Waals surface area contributed by atoms with E-state index in [0.29, 0.717) is 5.56 Å². The van der Waals surface area contributed by atoms with E-state index in [1.807, 2.05) is 6.92 Å². The fraction of sp³-hybridized carbons (Fsp3) is 0.308. The number of amides is 1. The van der Waals surface area contributed by atoms with E-state index < -0.39 is 5.91 Å². The molecule has 0 unspecified atom stereocenters. The van der Waals surface area contributed by atoms with Crippen LogP contribution in [0.4, 0.5) is 0 Å². The molecule has 2 aromatic rings. The van der Waals surface area contributed by atoms with Gasteiger partial charge < -0.3 is 5.73 Å². The number of carbonyl (C=O) groups excluding carboxylic acids is 1. The van der Waals surface area contributed by atoms with Gasteiger partial charge in [-0.15, -0.1) is 0 Å². The van der Waals surface area contributed by atoms with Gasteiger partial charge in [-0.2, -0.15) is 0 Å². The molecule has 4 heteroatoms. The Morgan fingerprint density at radius 3 is 2.24 bits per heavy atom. The molecule has 2 rings (SSSR count). The van der Waals surface area contributed by atoms with Crippen molar-refractivity contribution in [3.05, 3.63) is 35.2 Å². The molecule has 1 amide bonds. The van der Waals surface area contributed by atoms with E-state index in [1.165, 1.54) is 0 Å². The smallest absolute Gasteiger partial charge is 0.248 e. The molecule has 1 aromatic carbocycles. The average Bonchev–Trinajstić information content (AvgIpc) is 2.36. The van der Waals surface area contributed by atoms with Crippen LogP contribution < -0.4 is 5.73 Å². The highest BCUT2D eigenvalue weighted by Gasteiger charge is 2.08. The van der Waals surface area contributed by atoms with Crippen molar-refractivity contribution in [1.29, 1.82) is 0 Å². The van der Waals surface area contributed by atoms with Gasteiger partial charge >= 0.3 is 0 Å². The van der Waals surface area contributed by atoms with Crippen molar-refractivity contribution in [3.63, 3.8) is 0 Å². The minimum atomic E-state index is -0.439. The molecule has 1 heterocycles. The lowest BCUT2D eigenvalue weighted by atomic mass is 10.1. The van der Waals surface area contributed by atoms with Crippen LogP contribution in [0.5, 0.6) is 0 Å². The highest BCUT2D eigenvalue weighted by atomic mass is 16.1. The number of hydrogen-bond donors (Lipinski definition) is 1. The first-order valence-corrected chi connectivity index (χ1v) is 5.75. The SMILES string of the molecule is CCc1nc2ccc(C(N)=O)cc2nc1CC. The van der Waals surface area contributed by atoms with Gasteiger partial charge in [-0.05, 0) is 31.0 Å². The molecule has 17 heavy (non-hydrogen) atoms. The lowest BCUT2D eigenvalue weighted by molar-refractivity contribution is 0.100. The molecule has 88 valence electrons. The minimum Gasteiger partial charge on any atom is -0.366 e. The minimum absolute atomic E-state index is 0.439. The normalized spacial score (nSPS) is 10.7. The maximum Gasteiger partial charge on any atom is 0.248 e. The van der Waals surface area contributed by atoms with Gasteiger partial charge in [0.2, 0.25) is 5.91 Å². The average molecular weight is 229 g/mol. The second-order valence-corrected chi connectivity index (χ2v) is 3.89. The molecule has 4 nitrogen and oxygen atoms in total. The lowest BCUT2D eigenvalue weighted by Crippen LogP contribution is -2.11. The number of benzene rings is 1. The van der Waals surface area contributed by atoms with Crippen molar-refractivity contribution in [2.24, 2.45) is 5.73 Å². The number of hydrogen-bond acceptors (Lipinski definition) is 3. The molecule has 0 saturated heterocycles. The fourth-order valence-corrected chi connectivity index (χ4v) is 1.85. The Kier molecular flexibility index (Phi) is 3.04. The largest absolute Gasteiger partial charge is 0.366 e. The van der Waals surface area contributed by atoms with Crippen LogP contribution in [0.3, 0.4) is 0 Å². The molecular weight excluding hydrogens is 214 g/mol. The Hall–Kier alpha value is -1.97. The zero-order valence-electron chi connectivity index (χ0n) is 10.0. The van der Waals surface area contributed by atoms with Gasteiger partial charge in [0.05, 0.1) is 22.4 Å². The molecule has 0 atom stereocenters. The van der Waals surface area contributed by atoms with E-state index in [1.54, 1.807) is 18.2 Å². The highest BCUT2D eigenvalue weighted by Crippen LogP contribution is 2.15. The van der Waals surface area contributed by atoms with Gasteiger partial charge in [0.25, 0.3) is 0 Å². The van der Waals surface area contributed by atoms with Crippen LogP contribution in [0.15, 0.2) is 18.2 Å². The molecule has 0 fully saturated rings. The Balaban J connectivity index is 2.66. The second-order valence-electron chi connectivity index (χ2n) is 3.89. The van der Waals surface area contributed by atoms with E-state index in [2.05, 4.69) is 16.9 Å². The van der Waals surface area contributed by atoms with Crippen LogP contribution >= 0.6 is 0 Å². The Bertz CT molecular complexity index is 578. The number of aromatic nitrogens is 2. The fourth-order valence-electron chi connectivity index (χ4n) is 1.85. The summed E-state index contributed by atoms with van der Waals surface area (Å²) in [4.78, 5) is 20.2. The van der Waals surface area contributed by atoms with Gasteiger partial charge in [0, 0.05) is 5.56 Å². The molecular formula is C13H15N3O. The number of primary amides is 1. The molecule has 0 aliphatic rings. The summed E-state index contributed by atoms with van der Waals surface area (Å²) in [5, 5.41) is 0. The van der Waals surface area contributed by atoms with Gasteiger partial charge in [-0.1, -0.05) is 13.8 Å². The first kappa shape index (κ1) is 11.5. The van der Waals surface area contributed by atoms with Crippen LogP contribution in [0.25, 0.3) is 11.0 Å². The van der Waals surface area contributed by atoms with Gasteiger partial charge in [-0.25, -0.2) is 9.97 Å². The summed E-state index contributed by atoms with van der Waals surface area (Å²) < 4.78 is 0. The molecule has 0 spiro atoms. The maximum absolute atomic E-state index is 11.1. The predicted octanol–water partition coefficient (Wildman–Crippen LogP) is 1.85. The second kappa shape index (κ2) is 4.49. The van der Waals surface area contributed by atoms with Crippen LogP contribution in [0.1, 0.15) is 35.6 Å². The number of aryl methyl sites for hydroxylation is 2. The van der Waals surface area contributed by atoms with Crippen molar-refractivity contribution in [2.45, 2.75) is 26.7 Å². The lowest BCUT2D eigenvalue weighted by Gasteiger charge is -2.06. The van der Waals surface area contributed by atoms with E-state index >= 15 is 0 Å². The summed E-state index contributed by atoms with van der Waals surface area (Å²) in [6.45, 7) is 4.11. The third-order valence-corrected chi connectivity index (χ3v) is 2.77. The summed E-state index contributed by atoms with van der Waals surface area (Å²) in [5.41, 5.74) is 9.26. The molecule has 2 N–H and O–H groups in total. The van der Waals surface area contributed by atoms with E-state index in [0.717, 1.165) is 35.3 Å². The summed E-state index contributed by atoms with van der Waals surface area (Å²) in [6, 6.07) is 5.18. The van der Waals surface area contributed by atoms with Crippen molar-refractivity contribution in [3.8, 4) is 0 Å². The maximum atomic E-state index is 11.1. The molecule has 0 saturated carbocycles. The summed E-state index contributed by atoms with van der Waals surface area (Å²) in [7, 11) is 0. The monoisotopic (exact) mass is 229 g/mol. The van der Waals surface area contributed by atoms with Gasteiger partial charge in [-0.3, -0.25) is 4.79 Å². The highest BCUT2D eigenvalue weighted by molar-refractivity contribution is 5.96. The topological polar surface area (TPSA) is 68.9 Å². The molecule has 0 bridgehead atoms. The van der Waals surface area contributed by atoms with Gasteiger partial charge in [0.15, 0.2) is 0 Å². The van der Waals surface area contributed by atoms with Crippen LogP contribution in [0, 0.1) is 0 Å². The van der Waals surface area contributed by atoms with E-state index in [9.17, 15) is 4.79 Å². The van der Waals surface area contributed by atoms with Crippen molar-refractivity contribution in [2.75, 3.05) is 0 Å². The Morgan fingerprint density at radius 1 is 1.12 bits per heavy atom. The Labute approximate surface area is 99.9 Å². The number of nitrogens with two attached hydrogens (primary N) is 1. The molecule has 0 aliphatic heterocycles. The van der Waals surface area contributed by atoms with Crippen molar-refractivity contribution >= 4 is 16.9 Å².